The van der Waals surface area contributed by atoms with Crippen molar-refractivity contribution in [3.8, 4) is 29.0 Å². The van der Waals surface area contributed by atoms with E-state index in [2.05, 4.69) is 15.1 Å². The number of hydrogen-bond donors (Lipinski definition) is 1. The SMILES string of the molecule is COc1cccc(-c2nc(Oc3ccccc3)c3c(CCO)ccn3n2)n1. The van der Waals surface area contributed by atoms with E-state index in [1.165, 1.54) is 0 Å². The predicted octanol–water partition coefficient (Wildman–Crippen LogP) is 3.13. The number of nitrogens with zero attached hydrogens (tertiary/aromatic N) is 4. The van der Waals surface area contributed by atoms with Crippen LogP contribution >= 0.6 is 0 Å². The van der Waals surface area contributed by atoms with Crippen molar-refractivity contribution in [1.82, 2.24) is 19.6 Å². The summed E-state index contributed by atoms with van der Waals surface area (Å²) in [6.07, 6.45) is 2.31. The van der Waals surface area contributed by atoms with Crippen LogP contribution in [-0.4, -0.2) is 38.4 Å². The van der Waals surface area contributed by atoms with Crippen molar-refractivity contribution in [2.75, 3.05) is 13.7 Å². The number of fused-ring (bicyclic) bond motifs is 1. The molecule has 3 aromatic heterocycles. The van der Waals surface area contributed by atoms with Gasteiger partial charge in [-0.1, -0.05) is 24.3 Å². The first-order valence-electron chi connectivity index (χ1n) is 8.52. The molecule has 0 aliphatic rings. The van der Waals surface area contributed by atoms with Gasteiger partial charge in [-0.15, -0.1) is 5.10 Å². The van der Waals surface area contributed by atoms with Crippen LogP contribution in [-0.2, 0) is 6.42 Å². The fraction of sp³-hybridized carbons (Fsp3) is 0.150. The van der Waals surface area contributed by atoms with Crippen LogP contribution in [0.5, 0.6) is 17.5 Å². The fourth-order valence-electron chi connectivity index (χ4n) is 2.81. The summed E-state index contributed by atoms with van der Waals surface area (Å²) < 4.78 is 12.9. The summed E-state index contributed by atoms with van der Waals surface area (Å²) in [5.74, 6) is 1.97. The summed E-state index contributed by atoms with van der Waals surface area (Å²) >= 11 is 0. The molecule has 7 heteroatoms. The van der Waals surface area contributed by atoms with Crippen LogP contribution in [0.25, 0.3) is 17.0 Å². The number of ether oxygens (including phenoxy) is 2. The second-order valence-corrected chi connectivity index (χ2v) is 5.83. The predicted molar refractivity (Wildman–Crippen MR) is 100 cm³/mol. The van der Waals surface area contributed by atoms with Crippen molar-refractivity contribution in [2.45, 2.75) is 6.42 Å². The number of aliphatic hydroxyl groups is 1. The fourth-order valence-corrected chi connectivity index (χ4v) is 2.81. The molecule has 0 saturated heterocycles. The Morgan fingerprint density at radius 1 is 1.00 bits per heavy atom. The molecule has 0 saturated carbocycles. The lowest BCUT2D eigenvalue weighted by atomic mass is 10.2. The number of aromatic nitrogens is 4. The van der Waals surface area contributed by atoms with Gasteiger partial charge in [-0.25, -0.2) is 9.50 Å². The number of rotatable bonds is 6. The number of pyridine rings is 1. The number of aliphatic hydroxyl groups excluding tert-OH is 1. The van der Waals surface area contributed by atoms with E-state index in [1.54, 1.807) is 17.7 Å². The summed E-state index contributed by atoms with van der Waals surface area (Å²) in [7, 11) is 1.56. The maximum Gasteiger partial charge on any atom is 0.248 e. The van der Waals surface area contributed by atoms with Crippen molar-refractivity contribution >= 4 is 5.52 Å². The lowest BCUT2D eigenvalue weighted by Crippen LogP contribution is -2.03. The first-order chi connectivity index (χ1) is 13.3. The van der Waals surface area contributed by atoms with E-state index in [1.807, 2.05) is 54.7 Å². The maximum absolute atomic E-state index is 9.35. The number of para-hydroxylation sites is 1. The zero-order valence-corrected chi connectivity index (χ0v) is 14.7. The Labute approximate surface area is 155 Å². The lowest BCUT2D eigenvalue weighted by molar-refractivity contribution is 0.300. The summed E-state index contributed by atoms with van der Waals surface area (Å²) in [4.78, 5) is 9.01. The normalized spacial score (nSPS) is 10.9. The van der Waals surface area contributed by atoms with Crippen LogP contribution in [0, 0.1) is 0 Å². The van der Waals surface area contributed by atoms with Gasteiger partial charge in [-0.3, -0.25) is 0 Å². The highest BCUT2D eigenvalue weighted by molar-refractivity contribution is 5.66. The Hall–Kier alpha value is -3.45. The van der Waals surface area contributed by atoms with Gasteiger partial charge in [-0.2, -0.15) is 4.98 Å². The molecule has 0 bridgehead atoms. The molecule has 0 spiro atoms. The molecule has 4 rings (SSSR count). The van der Waals surface area contributed by atoms with E-state index in [4.69, 9.17) is 9.47 Å². The quantitative estimate of drug-likeness (QED) is 0.567. The van der Waals surface area contributed by atoms with Crippen LogP contribution in [0.3, 0.4) is 0 Å². The highest BCUT2D eigenvalue weighted by atomic mass is 16.5. The molecule has 0 unspecified atom stereocenters. The average Bonchev–Trinajstić information content (AvgIpc) is 3.12. The Morgan fingerprint density at radius 3 is 2.63 bits per heavy atom. The molecule has 1 aromatic carbocycles. The topological polar surface area (TPSA) is 81.8 Å². The van der Waals surface area contributed by atoms with Gasteiger partial charge in [0.2, 0.25) is 17.6 Å². The molecule has 0 aliphatic carbocycles. The third-order valence-electron chi connectivity index (χ3n) is 4.06. The molecule has 136 valence electrons. The number of hydrogen-bond acceptors (Lipinski definition) is 6. The second-order valence-electron chi connectivity index (χ2n) is 5.83. The molecule has 7 nitrogen and oxygen atoms in total. The Balaban J connectivity index is 1.87. The molecule has 0 atom stereocenters. The first kappa shape index (κ1) is 17.0. The van der Waals surface area contributed by atoms with Gasteiger partial charge in [-0.05, 0) is 36.2 Å². The zero-order valence-electron chi connectivity index (χ0n) is 14.7. The van der Waals surface area contributed by atoms with Crippen molar-refractivity contribution in [2.24, 2.45) is 0 Å². The standard InChI is InChI=1S/C20H18N4O3/c1-26-17-9-5-8-16(21-17)19-22-20(27-15-6-3-2-4-7-15)18-14(11-13-25)10-12-24(18)23-19/h2-10,12,25H,11,13H2,1H3. The Morgan fingerprint density at radius 2 is 1.85 bits per heavy atom. The Bertz CT molecular complexity index is 1060. The van der Waals surface area contributed by atoms with E-state index in [-0.39, 0.29) is 6.61 Å². The zero-order chi connectivity index (χ0) is 18.6. The van der Waals surface area contributed by atoms with Gasteiger partial charge in [0.05, 0.1) is 7.11 Å². The molecule has 3 heterocycles. The largest absolute Gasteiger partial charge is 0.481 e. The van der Waals surface area contributed by atoms with E-state index >= 15 is 0 Å². The van der Waals surface area contributed by atoms with Crippen molar-refractivity contribution < 1.29 is 14.6 Å². The van der Waals surface area contributed by atoms with Gasteiger partial charge < -0.3 is 14.6 Å². The minimum absolute atomic E-state index is 0.0314. The minimum atomic E-state index is 0.0314. The van der Waals surface area contributed by atoms with Gasteiger partial charge in [0, 0.05) is 18.9 Å². The summed E-state index contributed by atoms with van der Waals surface area (Å²) in [5, 5.41) is 13.9. The highest BCUT2D eigenvalue weighted by Gasteiger charge is 2.16. The molecule has 4 aromatic rings. The number of methoxy groups -OCH3 is 1. The van der Waals surface area contributed by atoms with Crippen molar-refractivity contribution in [3.63, 3.8) is 0 Å². The van der Waals surface area contributed by atoms with Crippen molar-refractivity contribution in [1.29, 1.82) is 0 Å². The monoisotopic (exact) mass is 362 g/mol. The molecule has 0 fully saturated rings. The minimum Gasteiger partial charge on any atom is -0.481 e. The summed E-state index contributed by atoms with van der Waals surface area (Å²) in [6.45, 7) is 0.0314. The molecule has 1 N–H and O–H groups in total. The maximum atomic E-state index is 9.35. The van der Waals surface area contributed by atoms with Gasteiger partial charge in [0.1, 0.15) is 17.0 Å². The average molecular weight is 362 g/mol. The van der Waals surface area contributed by atoms with E-state index < -0.39 is 0 Å². The highest BCUT2D eigenvalue weighted by Crippen LogP contribution is 2.29. The van der Waals surface area contributed by atoms with Gasteiger partial charge >= 0.3 is 0 Å². The van der Waals surface area contributed by atoms with E-state index in [0.29, 0.717) is 35.4 Å². The van der Waals surface area contributed by atoms with Crippen LogP contribution < -0.4 is 9.47 Å². The van der Waals surface area contributed by atoms with Crippen molar-refractivity contribution in [3.05, 3.63) is 66.4 Å². The molecule has 0 radical (unpaired) electrons. The lowest BCUT2D eigenvalue weighted by Gasteiger charge is -2.10. The summed E-state index contributed by atoms with van der Waals surface area (Å²) in [5.41, 5.74) is 2.21. The van der Waals surface area contributed by atoms with Crippen LogP contribution in [0.2, 0.25) is 0 Å². The van der Waals surface area contributed by atoms with Gasteiger partial charge in [0.25, 0.3) is 0 Å². The van der Waals surface area contributed by atoms with Crippen LogP contribution in [0.4, 0.5) is 0 Å². The third-order valence-corrected chi connectivity index (χ3v) is 4.06. The summed E-state index contributed by atoms with van der Waals surface area (Å²) in [6, 6.07) is 16.7. The molecule has 0 aliphatic heterocycles. The molecular weight excluding hydrogens is 344 g/mol. The molecule has 0 amide bonds. The van der Waals surface area contributed by atoms with Crippen LogP contribution in [0.15, 0.2) is 60.8 Å². The first-order valence-corrected chi connectivity index (χ1v) is 8.52. The Kier molecular flexibility index (Phi) is 4.67. The smallest absolute Gasteiger partial charge is 0.248 e. The number of benzene rings is 1. The molecule has 27 heavy (non-hydrogen) atoms. The van der Waals surface area contributed by atoms with E-state index in [9.17, 15) is 5.11 Å². The van der Waals surface area contributed by atoms with Crippen LogP contribution in [0.1, 0.15) is 5.56 Å². The third kappa shape index (κ3) is 3.45. The van der Waals surface area contributed by atoms with Gasteiger partial charge in [0.15, 0.2) is 0 Å². The second kappa shape index (κ2) is 7.43. The van der Waals surface area contributed by atoms with E-state index in [0.717, 1.165) is 11.1 Å². The molecular formula is C20H18N4O3.